The lowest BCUT2D eigenvalue weighted by atomic mass is 10.1. The number of benzene rings is 1. The first kappa shape index (κ1) is 14.8. The van der Waals surface area contributed by atoms with Crippen molar-refractivity contribution in [3.05, 3.63) is 54.1 Å². The van der Waals surface area contributed by atoms with Crippen molar-refractivity contribution >= 4 is 0 Å². The van der Waals surface area contributed by atoms with Crippen LogP contribution in [-0.2, 0) is 19.5 Å². The second-order valence-electron chi connectivity index (χ2n) is 5.79. The van der Waals surface area contributed by atoms with E-state index >= 15 is 0 Å². The first-order chi connectivity index (χ1) is 9.72. The number of hydrogen-bond acceptors (Lipinski definition) is 0. The van der Waals surface area contributed by atoms with Crippen molar-refractivity contribution in [2.45, 2.75) is 59.0 Å². The highest BCUT2D eigenvalue weighted by atomic mass is 15.1. The van der Waals surface area contributed by atoms with Gasteiger partial charge in [-0.15, -0.1) is 0 Å². The average molecular weight is 271 g/mol. The van der Waals surface area contributed by atoms with Crippen LogP contribution >= 0.6 is 0 Å². The summed E-state index contributed by atoms with van der Waals surface area (Å²) in [5.41, 5.74) is 1.44. The molecular weight excluding hydrogens is 244 g/mol. The lowest BCUT2D eigenvalue weighted by Gasteiger charge is -2.07. The number of hydrogen-bond donors (Lipinski definition) is 0. The third-order valence-corrected chi connectivity index (χ3v) is 3.70. The summed E-state index contributed by atoms with van der Waals surface area (Å²) in [6.45, 7) is 9.05. The molecule has 108 valence electrons. The van der Waals surface area contributed by atoms with E-state index in [-0.39, 0.29) is 0 Å². The van der Waals surface area contributed by atoms with Crippen molar-refractivity contribution in [2.24, 2.45) is 0 Å². The first-order valence-electron chi connectivity index (χ1n) is 7.84. The van der Waals surface area contributed by atoms with Gasteiger partial charge in [-0.3, -0.25) is 0 Å². The van der Waals surface area contributed by atoms with E-state index in [4.69, 9.17) is 0 Å². The van der Waals surface area contributed by atoms with Crippen molar-refractivity contribution in [3.8, 4) is 0 Å². The van der Waals surface area contributed by atoms with Crippen LogP contribution in [0.25, 0.3) is 0 Å². The van der Waals surface area contributed by atoms with Crippen LogP contribution in [0.3, 0.4) is 0 Å². The fourth-order valence-electron chi connectivity index (χ4n) is 2.86. The molecule has 0 bridgehead atoms. The van der Waals surface area contributed by atoms with Crippen LogP contribution in [0, 0.1) is 0 Å². The van der Waals surface area contributed by atoms with E-state index in [1.807, 2.05) is 0 Å². The van der Waals surface area contributed by atoms with Gasteiger partial charge in [-0.05, 0) is 24.8 Å². The molecule has 0 atom stereocenters. The Kier molecular flexibility index (Phi) is 5.40. The highest BCUT2D eigenvalue weighted by Crippen LogP contribution is 2.11. The number of rotatable bonds is 7. The molecule has 2 heteroatoms. The number of aryl methyl sites for hydroxylation is 3. The molecule has 0 spiro atoms. The standard InChI is InChI=1S/C18H27N2/c1-4-12-19-14-15-20(18(19)16(2)3)13-8-11-17-9-6-5-7-10-17/h5-7,9-10,14-16H,4,8,11-13H2,1-3H3/q+1. The monoisotopic (exact) mass is 271 g/mol. The van der Waals surface area contributed by atoms with Crippen molar-refractivity contribution in [2.75, 3.05) is 0 Å². The number of aromatic nitrogens is 2. The maximum Gasteiger partial charge on any atom is 0.258 e. The molecule has 0 fully saturated rings. The van der Waals surface area contributed by atoms with E-state index in [9.17, 15) is 0 Å². The third-order valence-electron chi connectivity index (χ3n) is 3.70. The van der Waals surface area contributed by atoms with E-state index in [1.54, 1.807) is 0 Å². The van der Waals surface area contributed by atoms with Gasteiger partial charge >= 0.3 is 0 Å². The fraction of sp³-hybridized carbons (Fsp3) is 0.500. The molecule has 1 aromatic heterocycles. The Morgan fingerprint density at radius 1 is 1.15 bits per heavy atom. The van der Waals surface area contributed by atoms with E-state index in [0.717, 1.165) is 19.5 Å². The zero-order chi connectivity index (χ0) is 14.4. The summed E-state index contributed by atoms with van der Waals surface area (Å²) in [5.74, 6) is 2.04. The normalized spacial score (nSPS) is 11.2. The summed E-state index contributed by atoms with van der Waals surface area (Å²) in [5, 5.41) is 0. The Hall–Kier alpha value is -1.57. The molecule has 0 saturated carbocycles. The van der Waals surface area contributed by atoms with Crippen LogP contribution < -0.4 is 4.57 Å². The van der Waals surface area contributed by atoms with Crippen molar-refractivity contribution in [3.63, 3.8) is 0 Å². The summed E-state index contributed by atoms with van der Waals surface area (Å²) in [6, 6.07) is 10.8. The van der Waals surface area contributed by atoms with Gasteiger partial charge in [0.2, 0.25) is 0 Å². The summed E-state index contributed by atoms with van der Waals surface area (Å²) >= 11 is 0. The van der Waals surface area contributed by atoms with Crippen LogP contribution in [0.5, 0.6) is 0 Å². The van der Waals surface area contributed by atoms with E-state index in [1.165, 1.54) is 24.2 Å². The van der Waals surface area contributed by atoms with Gasteiger partial charge < -0.3 is 0 Å². The highest BCUT2D eigenvalue weighted by Gasteiger charge is 2.19. The fourth-order valence-corrected chi connectivity index (χ4v) is 2.86. The molecule has 0 radical (unpaired) electrons. The lowest BCUT2D eigenvalue weighted by Crippen LogP contribution is -2.38. The van der Waals surface area contributed by atoms with Gasteiger partial charge in [-0.2, -0.15) is 0 Å². The quantitative estimate of drug-likeness (QED) is 0.674. The predicted molar refractivity (Wildman–Crippen MR) is 83.8 cm³/mol. The Morgan fingerprint density at radius 2 is 1.90 bits per heavy atom. The first-order valence-corrected chi connectivity index (χ1v) is 7.84. The zero-order valence-corrected chi connectivity index (χ0v) is 13.0. The zero-order valence-electron chi connectivity index (χ0n) is 13.0. The molecule has 2 rings (SSSR count). The van der Waals surface area contributed by atoms with Crippen LogP contribution in [0.1, 0.15) is 50.9 Å². The van der Waals surface area contributed by atoms with Gasteiger partial charge in [-0.25, -0.2) is 9.13 Å². The molecule has 0 unspecified atom stereocenters. The van der Waals surface area contributed by atoms with E-state index in [2.05, 4.69) is 72.6 Å². The minimum atomic E-state index is 0.577. The van der Waals surface area contributed by atoms with Gasteiger partial charge in [0.05, 0.1) is 19.0 Å². The van der Waals surface area contributed by atoms with Gasteiger partial charge in [-0.1, -0.05) is 51.1 Å². The SMILES string of the molecule is CCCn1cc[n+](CCCc2ccccc2)c1C(C)C. The lowest BCUT2D eigenvalue weighted by molar-refractivity contribution is -0.705. The van der Waals surface area contributed by atoms with Crippen molar-refractivity contribution in [1.82, 2.24) is 4.57 Å². The molecule has 0 amide bonds. The number of nitrogens with zero attached hydrogens (tertiary/aromatic N) is 2. The van der Waals surface area contributed by atoms with Gasteiger partial charge in [0.1, 0.15) is 12.4 Å². The van der Waals surface area contributed by atoms with Gasteiger partial charge in [0.25, 0.3) is 5.82 Å². The maximum absolute atomic E-state index is 2.43. The molecule has 0 aliphatic heterocycles. The highest BCUT2D eigenvalue weighted by molar-refractivity contribution is 5.14. The summed E-state index contributed by atoms with van der Waals surface area (Å²) in [7, 11) is 0. The van der Waals surface area contributed by atoms with Crippen molar-refractivity contribution < 1.29 is 4.57 Å². The maximum atomic E-state index is 2.43. The van der Waals surface area contributed by atoms with Crippen molar-refractivity contribution in [1.29, 1.82) is 0 Å². The summed E-state index contributed by atoms with van der Waals surface area (Å²) in [6.07, 6.45) is 8.03. The Bertz CT molecular complexity index is 511. The van der Waals surface area contributed by atoms with Gasteiger partial charge in [0.15, 0.2) is 0 Å². The molecule has 1 heterocycles. The molecule has 2 nitrogen and oxygen atoms in total. The van der Waals surface area contributed by atoms with Crippen LogP contribution in [0.2, 0.25) is 0 Å². The average Bonchev–Trinajstić information content (AvgIpc) is 2.83. The second-order valence-corrected chi connectivity index (χ2v) is 5.79. The van der Waals surface area contributed by atoms with E-state index < -0.39 is 0 Å². The molecule has 0 saturated heterocycles. The Morgan fingerprint density at radius 3 is 2.55 bits per heavy atom. The molecule has 0 aliphatic rings. The Labute approximate surface area is 123 Å². The minimum absolute atomic E-state index is 0.577. The molecule has 1 aromatic carbocycles. The summed E-state index contributed by atoms with van der Waals surface area (Å²) in [4.78, 5) is 0. The van der Waals surface area contributed by atoms with Crippen LogP contribution in [0.15, 0.2) is 42.7 Å². The van der Waals surface area contributed by atoms with Gasteiger partial charge in [0, 0.05) is 0 Å². The topological polar surface area (TPSA) is 8.81 Å². The molecular formula is C18H27N2+. The number of imidazole rings is 1. The summed E-state index contributed by atoms with van der Waals surface area (Å²) < 4.78 is 4.84. The minimum Gasteiger partial charge on any atom is -0.234 e. The molecule has 2 aromatic rings. The van der Waals surface area contributed by atoms with Crippen LogP contribution in [-0.4, -0.2) is 4.57 Å². The van der Waals surface area contributed by atoms with Crippen LogP contribution in [0.4, 0.5) is 0 Å². The second kappa shape index (κ2) is 7.28. The Balaban J connectivity index is 1.99. The van der Waals surface area contributed by atoms with E-state index in [0.29, 0.717) is 5.92 Å². The molecule has 20 heavy (non-hydrogen) atoms. The smallest absolute Gasteiger partial charge is 0.234 e. The predicted octanol–water partition coefficient (Wildman–Crippen LogP) is 3.94. The third kappa shape index (κ3) is 3.72. The largest absolute Gasteiger partial charge is 0.258 e. The molecule has 0 N–H and O–H groups in total. The molecule has 0 aliphatic carbocycles.